The highest BCUT2D eigenvalue weighted by Crippen LogP contribution is 2.33. The molecule has 0 saturated carbocycles. The number of hydrogen-bond donors (Lipinski definition) is 1. The van der Waals surface area contributed by atoms with Crippen LogP contribution in [0.2, 0.25) is 10.0 Å². The van der Waals surface area contributed by atoms with Crippen LogP contribution in [0.5, 0.6) is 0 Å². The Morgan fingerprint density at radius 3 is 2.94 bits per heavy atom. The van der Waals surface area contributed by atoms with Gasteiger partial charge in [0.2, 0.25) is 0 Å². The number of halogens is 2. The summed E-state index contributed by atoms with van der Waals surface area (Å²) >= 11 is 12.3. The second-order valence-corrected chi connectivity index (χ2v) is 5.32. The van der Waals surface area contributed by atoms with E-state index in [4.69, 9.17) is 27.9 Å². The third-order valence-corrected chi connectivity index (χ3v) is 4.11. The molecule has 92 valence electrons. The summed E-state index contributed by atoms with van der Waals surface area (Å²) in [4.78, 5) is 2.26. The van der Waals surface area contributed by atoms with Crippen LogP contribution in [0.1, 0.15) is 0 Å². The van der Waals surface area contributed by atoms with Crippen molar-refractivity contribution in [3.05, 3.63) is 28.2 Å². The molecule has 3 nitrogen and oxygen atoms in total. The second-order valence-electron chi connectivity index (χ2n) is 4.54. The van der Waals surface area contributed by atoms with Crippen molar-refractivity contribution >= 4 is 28.9 Å². The second kappa shape index (κ2) is 4.65. The number of fused-ring (bicyclic) bond motifs is 4. The molecule has 0 spiro atoms. The third kappa shape index (κ3) is 2.25. The van der Waals surface area contributed by atoms with Crippen molar-refractivity contribution in [2.45, 2.75) is 12.1 Å². The lowest BCUT2D eigenvalue weighted by Crippen LogP contribution is -2.45. The summed E-state index contributed by atoms with van der Waals surface area (Å²) in [6.45, 7) is 3.47. The van der Waals surface area contributed by atoms with E-state index in [0.717, 1.165) is 31.9 Å². The smallest absolute Gasteiger partial charge is 0.0874 e. The fourth-order valence-electron chi connectivity index (χ4n) is 2.42. The highest BCUT2D eigenvalue weighted by atomic mass is 35.5. The molecular weight excluding hydrogens is 259 g/mol. The van der Waals surface area contributed by atoms with Crippen LogP contribution in [-0.4, -0.2) is 38.4 Å². The number of benzene rings is 1. The third-order valence-electron chi connectivity index (χ3n) is 3.30. The van der Waals surface area contributed by atoms with Gasteiger partial charge in [-0.3, -0.25) is 0 Å². The van der Waals surface area contributed by atoms with E-state index in [1.807, 2.05) is 18.2 Å². The molecule has 3 aliphatic rings. The van der Waals surface area contributed by atoms with Gasteiger partial charge in [-0.05, 0) is 12.1 Å². The van der Waals surface area contributed by atoms with Gasteiger partial charge in [0.15, 0.2) is 0 Å². The standard InChI is InChI=1S/C12H14Cl2N2O/c13-10-2-1-3-11(12(10)14)16-5-8-7-17-9(6-16)4-15-8/h1-3,8-9,15H,4-7H2. The minimum atomic E-state index is 0.240. The number of nitrogens with zero attached hydrogens (tertiary/aromatic N) is 1. The highest BCUT2D eigenvalue weighted by Gasteiger charge is 2.30. The predicted octanol–water partition coefficient (Wildman–Crippen LogP) is 2.17. The average molecular weight is 273 g/mol. The van der Waals surface area contributed by atoms with Crippen LogP contribution in [-0.2, 0) is 4.74 Å². The van der Waals surface area contributed by atoms with Gasteiger partial charge >= 0.3 is 0 Å². The van der Waals surface area contributed by atoms with Crippen LogP contribution in [0, 0.1) is 0 Å². The molecule has 1 aromatic rings. The molecule has 1 aromatic carbocycles. The monoisotopic (exact) mass is 272 g/mol. The van der Waals surface area contributed by atoms with E-state index in [9.17, 15) is 0 Å². The zero-order chi connectivity index (χ0) is 11.8. The van der Waals surface area contributed by atoms with Crippen molar-refractivity contribution in [1.29, 1.82) is 0 Å². The van der Waals surface area contributed by atoms with E-state index in [-0.39, 0.29) is 6.10 Å². The summed E-state index contributed by atoms with van der Waals surface area (Å²) in [6.07, 6.45) is 0.240. The Hall–Kier alpha value is -0.480. The zero-order valence-electron chi connectivity index (χ0n) is 9.33. The number of hydrogen-bond acceptors (Lipinski definition) is 3. The van der Waals surface area contributed by atoms with Gasteiger partial charge in [0.1, 0.15) is 0 Å². The molecule has 3 heterocycles. The number of nitrogens with one attached hydrogen (secondary N) is 1. The summed E-state index contributed by atoms with van der Waals surface area (Å²) in [5, 5.41) is 4.71. The predicted molar refractivity (Wildman–Crippen MR) is 70.2 cm³/mol. The zero-order valence-corrected chi connectivity index (χ0v) is 10.8. The molecule has 3 fully saturated rings. The summed E-state index contributed by atoms with van der Waals surface area (Å²) in [6, 6.07) is 6.14. The van der Waals surface area contributed by atoms with Crippen LogP contribution in [0.3, 0.4) is 0 Å². The van der Waals surface area contributed by atoms with Gasteiger partial charge in [0.25, 0.3) is 0 Å². The van der Waals surface area contributed by atoms with E-state index in [1.54, 1.807) is 0 Å². The number of rotatable bonds is 1. The Kier molecular flexibility index (Phi) is 3.17. The SMILES string of the molecule is Clc1cccc(N2CC3COC(CN3)C2)c1Cl. The normalized spacial score (nSPS) is 28.2. The van der Waals surface area contributed by atoms with E-state index >= 15 is 0 Å². The lowest BCUT2D eigenvalue weighted by molar-refractivity contribution is 0.0259. The molecule has 3 saturated heterocycles. The lowest BCUT2D eigenvalue weighted by atomic mass is 10.2. The minimum Gasteiger partial charge on any atom is -0.373 e. The molecule has 2 bridgehead atoms. The molecule has 2 atom stereocenters. The Labute approximate surface area is 111 Å². The van der Waals surface area contributed by atoms with Crippen molar-refractivity contribution in [3.63, 3.8) is 0 Å². The topological polar surface area (TPSA) is 24.5 Å². The van der Waals surface area contributed by atoms with E-state index < -0.39 is 0 Å². The lowest BCUT2D eigenvalue weighted by Gasteiger charge is -2.25. The maximum Gasteiger partial charge on any atom is 0.0874 e. The van der Waals surface area contributed by atoms with E-state index in [0.29, 0.717) is 16.1 Å². The van der Waals surface area contributed by atoms with E-state index in [1.165, 1.54) is 0 Å². The van der Waals surface area contributed by atoms with Gasteiger partial charge in [-0.1, -0.05) is 29.3 Å². The minimum absolute atomic E-state index is 0.240. The maximum absolute atomic E-state index is 6.26. The van der Waals surface area contributed by atoms with Crippen LogP contribution in [0.25, 0.3) is 0 Å². The van der Waals surface area contributed by atoms with Crippen LogP contribution < -0.4 is 10.2 Å². The average Bonchev–Trinajstić information content (AvgIpc) is 2.65. The quantitative estimate of drug-likeness (QED) is 0.848. The molecule has 17 heavy (non-hydrogen) atoms. The van der Waals surface area contributed by atoms with Crippen molar-refractivity contribution in [2.24, 2.45) is 0 Å². The molecule has 4 rings (SSSR count). The summed E-state index contributed by atoms with van der Waals surface area (Å²) in [5.74, 6) is 0. The van der Waals surface area contributed by atoms with Crippen molar-refractivity contribution < 1.29 is 4.74 Å². The largest absolute Gasteiger partial charge is 0.373 e. The Morgan fingerprint density at radius 2 is 2.18 bits per heavy atom. The van der Waals surface area contributed by atoms with Crippen LogP contribution >= 0.6 is 23.2 Å². The first-order chi connectivity index (χ1) is 8.24. The van der Waals surface area contributed by atoms with Crippen LogP contribution in [0.15, 0.2) is 18.2 Å². The first-order valence-electron chi connectivity index (χ1n) is 5.78. The van der Waals surface area contributed by atoms with Crippen LogP contribution in [0.4, 0.5) is 5.69 Å². The van der Waals surface area contributed by atoms with Crippen molar-refractivity contribution in [3.8, 4) is 0 Å². The molecule has 0 aromatic heterocycles. The fourth-order valence-corrected chi connectivity index (χ4v) is 2.84. The number of ether oxygens (including phenoxy) is 1. The van der Waals surface area contributed by atoms with Gasteiger partial charge in [-0.25, -0.2) is 0 Å². The Morgan fingerprint density at radius 1 is 1.29 bits per heavy atom. The maximum atomic E-state index is 6.26. The van der Waals surface area contributed by atoms with Gasteiger partial charge in [-0.2, -0.15) is 0 Å². The molecule has 3 aliphatic heterocycles. The first kappa shape index (κ1) is 11.6. The molecule has 5 heteroatoms. The fraction of sp³-hybridized carbons (Fsp3) is 0.500. The molecule has 1 N–H and O–H groups in total. The molecule has 2 unspecified atom stereocenters. The summed E-state index contributed by atoms with van der Waals surface area (Å²) in [7, 11) is 0. The van der Waals surface area contributed by atoms with Gasteiger partial charge in [-0.15, -0.1) is 0 Å². The first-order valence-corrected chi connectivity index (χ1v) is 6.53. The Bertz CT molecular complexity index is 405. The highest BCUT2D eigenvalue weighted by molar-refractivity contribution is 6.43. The number of morpholine rings is 1. The number of anilines is 1. The molecule has 0 radical (unpaired) electrons. The Balaban J connectivity index is 1.91. The summed E-state index contributed by atoms with van der Waals surface area (Å²) in [5.41, 5.74) is 1.00. The van der Waals surface area contributed by atoms with Crippen molar-refractivity contribution in [2.75, 3.05) is 31.1 Å². The molecular formula is C12H14Cl2N2O. The van der Waals surface area contributed by atoms with Gasteiger partial charge < -0.3 is 15.0 Å². The van der Waals surface area contributed by atoms with Gasteiger partial charge in [0.05, 0.1) is 28.4 Å². The summed E-state index contributed by atoms with van der Waals surface area (Å²) < 4.78 is 5.74. The molecule has 0 amide bonds. The van der Waals surface area contributed by atoms with Crippen molar-refractivity contribution in [1.82, 2.24) is 5.32 Å². The van der Waals surface area contributed by atoms with Gasteiger partial charge in [0, 0.05) is 25.7 Å². The molecule has 0 aliphatic carbocycles. The van der Waals surface area contributed by atoms with E-state index in [2.05, 4.69) is 10.2 Å².